The first-order valence-corrected chi connectivity index (χ1v) is 8.92. The van der Waals surface area contributed by atoms with Crippen LogP contribution in [0.5, 0.6) is 0 Å². The van der Waals surface area contributed by atoms with Crippen LogP contribution < -0.4 is 5.32 Å². The Morgan fingerprint density at radius 3 is 2.55 bits per heavy atom. The average molecular weight is 281 g/mol. The molecule has 2 aliphatic heterocycles. The van der Waals surface area contributed by atoms with Crippen molar-refractivity contribution in [3.63, 3.8) is 0 Å². The zero-order valence-corrected chi connectivity index (χ0v) is 14.3. The lowest BCUT2D eigenvalue weighted by Crippen LogP contribution is -2.45. The summed E-state index contributed by atoms with van der Waals surface area (Å²) in [6.45, 7) is 16.2. The van der Waals surface area contributed by atoms with E-state index in [4.69, 9.17) is 0 Å². The van der Waals surface area contributed by atoms with E-state index in [9.17, 15) is 0 Å². The van der Waals surface area contributed by atoms with Gasteiger partial charge in [0.2, 0.25) is 0 Å². The van der Waals surface area contributed by atoms with E-state index < -0.39 is 0 Å². The van der Waals surface area contributed by atoms with Gasteiger partial charge in [-0.1, -0.05) is 27.7 Å². The molecule has 2 fully saturated rings. The Morgan fingerprint density at radius 2 is 1.90 bits per heavy atom. The molecule has 2 rings (SSSR count). The van der Waals surface area contributed by atoms with Crippen LogP contribution in [0.1, 0.15) is 59.8 Å². The van der Waals surface area contributed by atoms with Gasteiger partial charge in [0.25, 0.3) is 0 Å². The van der Waals surface area contributed by atoms with Crippen LogP contribution in [-0.2, 0) is 0 Å². The third-order valence-corrected chi connectivity index (χ3v) is 5.84. The summed E-state index contributed by atoms with van der Waals surface area (Å²) in [7, 11) is 0. The Hall–Kier alpha value is -0.0800. The van der Waals surface area contributed by atoms with E-state index in [1.165, 1.54) is 64.8 Å². The summed E-state index contributed by atoms with van der Waals surface area (Å²) in [6.07, 6.45) is 7.05. The number of likely N-dealkylation sites (tertiary alicyclic amines) is 1. The van der Waals surface area contributed by atoms with E-state index >= 15 is 0 Å². The molecule has 2 heteroatoms. The van der Waals surface area contributed by atoms with Crippen LogP contribution >= 0.6 is 0 Å². The number of hydrogen-bond donors (Lipinski definition) is 1. The molecular weight excluding hydrogens is 244 g/mol. The molecule has 2 unspecified atom stereocenters. The first-order valence-electron chi connectivity index (χ1n) is 8.92. The normalized spacial score (nSPS) is 30.4. The minimum atomic E-state index is 0.463. The maximum Gasteiger partial charge on any atom is 0.00358 e. The quantitative estimate of drug-likeness (QED) is 0.843. The summed E-state index contributed by atoms with van der Waals surface area (Å²) in [4.78, 5) is 2.76. The fraction of sp³-hybridized carbons (Fsp3) is 1.00. The minimum absolute atomic E-state index is 0.463. The average Bonchev–Trinajstić information content (AvgIpc) is 2.65. The van der Waals surface area contributed by atoms with Crippen molar-refractivity contribution in [3.05, 3.63) is 0 Å². The van der Waals surface area contributed by atoms with Crippen LogP contribution in [-0.4, -0.2) is 37.6 Å². The van der Waals surface area contributed by atoms with Gasteiger partial charge >= 0.3 is 0 Å². The summed E-state index contributed by atoms with van der Waals surface area (Å²) >= 11 is 0. The maximum absolute atomic E-state index is 3.59. The van der Waals surface area contributed by atoms with E-state index in [0.717, 1.165) is 17.8 Å². The molecule has 0 aromatic heterocycles. The molecule has 2 saturated heterocycles. The van der Waals surface area contributed by atoms with E-state index in [1.54, 1.807) is 0 Å². The maximum atomic E-state index is 3.59. The Bertz CT molecular complexity index is 279. The van der Waals surface area contributed by atoms with Crippen LogP contribution in [0.4, 0.5) is 0 Å². The molecule has 0 radical (unpaired) electrons. The van der Waals surface area contributed by atoms with Gasteiger partial charge < -0.3 is 10.2 Å². The summed E-state index contributed by atoms with van der Waals surface area (Å²) in [5.41, 5.74) is 0.463. The fourth-order valence-corrected chi connectivity index (χ4v) is 4.23. The minimum Gasteiger partial charge on any atom is -0.316 e. The van der Waals surface area contributed by atoms with Crippen molar-refractivity contribution in [3.8, 4) is 0 Å². The standard InChI is InChI=1S/C18H36N2/c1-15(2)16-7-6-11-20(12-9-16)14-18(3,4)17-8-5-10-19-13-17/h15-17,19H,5-14H2,1-4H3. The van der Waals surface area contributed by atoms with Gasteiger partial charge in [0, 0.05) is 6.54 Å². The predicted octanol–water partition coefficient (Wildman–Crippen LogP) is 3.77. The lowest BCUT2D eigenvalue weighted by molar-refractivity contribution is 0.101. The Balaban J connectivity index is 1.85. The highest BCUT2D eigenvalue weighted by Gasteiger charge is 2.33. The van der Waals surface area contributed by atoms with Crippen molar-refractivity contribution in [2.75, 3.05) is 32.7 Å². The molecule has 2 nitrogen and oxygen atoms in total. The molecule has 0 spiro atoms. The van der Waals surface area contributed by atoms with Gasteiger partial charge in [-0.2, -0.15) is 0 Å². The van der Waals surface area contributed by atoms with Gasteiger partial charge in [-0.25, -0.2) is 0 Å². The number of nitrogens with one attached hydrogen (secondary N) is 1. The van der Waals surface area contributed by atoms with Crippen molar-refractivity contribution < 1.29 is 0 Å². The van der Waals surface area contributed by atoms with Crippen LogP contribution in [0.3, 0.4) is 0 Å². The first kappa shape index (κ1) is 16.3. The zero-order chi connectivity index (χ0) is 14.6. The lowest BCUT2D eigenvalue weighted by atomic mass is 9.74. The number of rotatable bonds is 4. The smallest absolute Gasteiger partial charge is 0.00358 e. The van der Waals surface area contributed by atoms with Crippen molar-refractivity contribution in [1.82, 2.24) is 10.2 Å². The van der Waals surface area contributed by atoms with Crippen molar-refractivity contribution in [2.24, 2.45) is 23.2 Å². The van der Waals surface area contributed by atoms with E-state index in [0.29, 0.717) is 5.41 Å². The monoisotopic (exact) mass is 280 g/mol. The van der Waals surface area contributed by atoms with E-state index in [2.05, 4.69) is 37.9 Å². The van der Waals surface area contributed by atoms with Crippen LogP contribution in [0.2, 0.25) is 0 Å². The summed E-state index contributed by atoms with van der Waals surface area (Å²) < 4.78 is 0. The summed E-state index contributed by atoms with van der Waals surface area (Å²) in [5.74, 6) is 2.69. The molecule has 20 heavy (non-hydrogen) atoms. The summed E-state index contributed by atoms with van der Waals surface area (Å²) in [6, 6.07) is 0. The third-order valence-electron chi connectivity index (χ3n) is 5.84. The van der Waals surface area contributed by atoms with Gasteiger partial charge in [-0.3, -0.25) is 0 Å². The van der Waals surface area contributed by atoms with E-state index in [1.807, 2.05) is 0 Å². The zero-order valence-electron chi connectivity index (χ0n) is 14.3. The number of nitrogens with zero attached hydrogens (tertiary/aromatic N) is 1. The van der Waals surface area contributed by atoms with E-state index in [-0.39, 0.29) is 0 Å². The second kappa shape index (κ2) is 7.26. The molecular formula is C18H36N2. The molecule has 1 N–H and O–H groups in total. The van der Waals surface area contributed by atoms with Crippen molar-refractivity contribution >= 4 is 0 Å². The fourth-order valence-electron chi connectivity index (χ4n) is 4.23. The highest BCUT2D eigenvalue weighted by molar-refractivity contribution is 4.86. The topological polar surface area (TPSA) is 15.3 Å². The molecule has 0 aliphatic carbocycles. The molecule has 0 aromatic carbocycles. The Kier molecular flexibility index (Phi) is 5.92. The second-order valence-electron chi connectivity index (χ2n) is 8.24. The third kappa shape index (κ3) is 4.46. The molecule has 2 aliphatic rings. The van der Waals surface area contributed by atoms with Gasteiger partial charge in [0.1, 0.15) is 0 Å². The first-order chi connectivity index (χ1) is 9.49. The largest absolute Gasteiger partial charge is 0.316 e. The van der Waals surface area contributed by atoms with Gasteiger partial charge in [0.15, 0.2) is 0 Å². The molecule has 0 saturated carbocycles. The predicted molar refractivity (Wildman–Crippen MR) is 88.0 cm³/mol. The highest BCUT2D eigenvalue weighted by atomic mass is 15.1. The molecule has 0 amide bonds. The Morgan fingerprint density at radius 1 is 1.10 bits per heavy atom. The van der Waals surface area contributed by atoms with Crippen LogP contribution in [0.15, 0.2) is 0 Å². The van der Waals surface area contributed by atoms with Gasteiger partial charge in [0.05, 0.1) is 0 Å². The molecule has 2 atom stereocenters. The number of hydrogen-bond acceptors (Lipinski definition) is 2. The van der Waals surface area contributed by atoms with Crippen molar-refractivity contribution in [1.29, 1.82) is 0 Å². The number of piperidine rings is 1. The second-order valence-corrected chi connectivity index (χ2v) is 8.24. The molecule has 0 bridgehead atoms. The summed E-state index contributed by atoms with van der Waals surface area (Å²) in [5, 5.41) is 3.59. The highest BCUT2D eigenvalue weighted by Crippen LogP contribution is 2.34. The lowest BCUT2D eigenvalue weighted by Gasteiger charge is -2.40. The molecule has 118 valence electrons. The van der Waals surface area contributed by atoms with Crippen molar-refractivity contribution in [2.45, 2.75) is 59.8 Å². The Labute approximate surface area is 126 Å². The van der Waals surface area contributed by atoms with Gasteiger partial charge in [-0.05, 0) is 81.5 Å². The van der Waals surface area contributed by atoms with Crippen LogP contribution in [0, 0.1) is 23.2 Å². The molecule has 0 aromatic rings. The molecule has 2 heterocycles. The van der Waals surface area contributed by atoms with Gasteiger partial charge in [-0.15, -0.1) is 0 Å². The van der Waals surface area contributed by atoms with Crippen LogP contribution in [0.25, 0.3) is 0 Å². The SMILES string of the molecule is CC(C)C1CCCN(CC(C)(C)C2CCCNC2)CC1.